The number of methoxy groups -OCH3 is 1. The van der Waals surface area contributed by atoms with Gasteiger partial charge in [0.15, 0.2) is 0 Å². The number of benzene rings is 2. The minimum absolute atomic E-state index is 0.0487. The number of anilines is 1. The highest BCUT2D eigenvalue weighted by molar-refractivity contribution is 5.90. The smallest absolute Gasteiger partial charge is 0.320 e. The number of likely N-dealkylation sites (tertiary alicyclic amines) is 1. The molecule has 0 radical (unpaired) electrons. The van der Waals surface area contributed by atoms with Gasteiger partial charge in [-0.2, -0.15) is 0 Å². The quantitative estimate of drug-likeness (QED) is 0.484. The number of amides is 2. The molecule has 2 N–H and O–H groups in total. The molecule has 2 atom stereocenters. The van der Waals surface area contributed by atoms with E-state index < -0.39 is 0 Å². The lowest BCUT2D eigenvalue weighted by Gasteiger charge is -2.21. The number of carbonyl (C=O) groups excluding carboxylic acids is 1. The molecule has 8 nitrogen and oxygen atoms in total. The van der Waals surface area contributed by atoms with E-state index in [1.165, 1.54) is 6.07 Å². The molecule has 4 rings (SSSR count). The van der Waals surface area contributed by atoms with Crippen LogP contribution in [0, 0.1) is 12.7 Å². The summed E-state index contributed by atoms with van der Waals surface area (Å²) in [6.45, 7) is 6.89. The zero-order chi connectivity index (χ0) is 24.8. The van der Waals surface area contributed by atoms with E-state index in [2.05, 4.69) is 20.6 Å². The summed E-state index contributed by atoms with van der Waals surface area (Å²) in [6.07, 6.45) is 0. The van der Waals surface area contributed by atoms with Crippen LogP contribution < -0.4 is 15.4 Å². The average Bonchev–Trinajstić information content (AvgIpc) is 3.39. The number of halogens is 1. The highest BCUT2D eigenvalue weighted by Gasteiger charge is 2.35. The number of nitrogens with zero attached hydrogens (tertiary/aromatic N) is 3. The van der Waals surface area contributed by atoms with E-state index in [4.69, 9.17) is 9.47 Å². The Morgan fingerprint density at radius 1 is 1.17 bits per heavy atom. The van der Waals surface area contributed by atoms with Gasteiger partial charge in [-0.05, 0) is 43.7 Å². The molecule has 1 aliphatic rings. The summed E-state index contributed by atoms with van der Waals surface area (Å²) in [5.41, 5.74) is 2.40. The Kier molecular flexibility index (Phi) is 7.99. The summed E-state index contributed by atoms with van der Waals surface area (Å²) in [6, 6.07) is 15.6. The highest BCUT2D eigenvalue weighted by atomic mass is 19.1. The molecule has 3 aromatic rings. The fraction of sp³-hybridized carbons (Fsp3) is 0.385. The zero-order valence-corrected chi connectivity index (χ0v) is 20.3. The molecule has 1 saturated heterocycles. The molecule has 0 bridgehead atoms. The summed E-state index contributed by atoms with van der Waals surface area (Å²) < 4.78 is 26.5. The molecule has 35 heavy (non-hydrogen) atoms. The Morgan fingerprint density at radius 2 is 1.97 bits per heavy atom. The lowest BCUT2D eigenvalue weighted by molar-refractivity contribution is 0.159. The molecule has 1 fully saturated rings. The number of rotatable bonds is 9. The van der Waals surface area contributed by atoms with Crippen LogP contribution in [0.1, 0.15) is 24.0 Å². The van der Waals surface area contributed by atoms with Crippen molar-refractivity contribution in [1.29, 1.82) is 0 Å². The van der Waals surface area contributed by atoms with Crippen LogP contribution in [-0.2, 0) is 4.74 Å². The highest BCUT2D eigenvalue weighted by Crippen LogP contribution is 2.30. The van der Waals surface area contributed by atoms with Crippen LogP contribution in [0.25, 0.3) is 5.69 Å². The third kappa shape index (κ3) is 5.80. The van der Waals surface area contributed by atoms with E-state index in [9.17, 15) is 9.18 Å². The molecule has 0 unspecified atom stereocenters. The lowest BCUT2D eigenvalue weighted by atomic mass is 9.94. The first-order valence-electron chi connectivity index (χ1n) is 11.8. The van der Waals surface area contributed by atoms with Crippen LogP contribution in [0.2, 0.25) is 0 Å². The predicted molar refractivity (Wildman–Crippen MR) is 133 cm³/mol. The van der Waals surface area contributed by atoms with Gasteiger partial charge in [-0.25, -0.2) is 13.9 Å². The number of ether oxygens (including phenoxy) is 2. The van der Waals surface area contributed by atoms with Crippen LogP contribution in [0.4, 0.5) is 15.0 Å². The fourth-order valence-corrected chi connectivity index (χ4v) is 4.47. The van der Waals surface area contributed by atoms with Crippen molar-refractivity contribution < 1.29 is 18.7 Å². The molecule has 2 amide bonds. The van der Waals surface area contributed by atoms with E-state index in [0.717, 1.165) is 23.4 Å². The molecular weight excluding hydrogens is 449 g/mol. The summed E-state index contributed by atoms with van der Waals surface area (Å²) in [4.78, 5) is 15.4. The van der Waals surface area contributed by atoms with E-state index >= 15 is 0 Å². The average molecular weight is 482 g/mol. The molecule has 0 aliphatic carbocycles. The maximum atomic E-state index is 14.0. The SMILES string of the molecule is CCOc1nn(-c2ccccc2)c(NC(=O)N[C@@H]2CN(CCOC)C[C@H]2c2cccc(F)c2)c1C. The van der Waals surface area contributed by atoms with Gasteiger partial charge >= 0.3 is 6.03 Å². The van der Waals surface area contributed by atoms with Gasteiger partial charge in [0, 0.05) is 32.7 Å². The number of hydrogen-bond acceptors (Lipinski definition) is 5. The van der Waals surface area contributed by atoms with E-state index in [-0.39, 0.29) is 23.8 Å². The number of aromatic nitrogens is 2. The molecule has 0 spiro atoms. The molecule has 1 aromatic heterocycles. The summed E-state index contributed by atoms with van der Waals surface area (Å²) in [7, 11) is 1.66. The van der Waals surface area contributed by atoms with Crippen molar-refractivity contribution in [2.24, 2.45) is 0 Å². The van der Waals surface area contributed by atoms with Crippen molar-refractivity contribution in [3.05, 3.63) is 71.5 Å². The second-order valence-corrected chi connectivity index (χ2v) is 8.58. The van der Waals surface area contributed by atoms with Crippen LogP contribution in [0.15, 0.2) is 54.6 Å². The largest absolute Gasteiger partial charge is 0.477 e. The normalized spacial score (nSPS) is 17.9. The van der Waals surface area contributed by atoms with Crippen molar-refractivity contribution in [3.8, 4) is 11.6 Å². The van der Waals surface area contributed by atoms with Crippen molar-refractivity contribution in [3.63, 3.8) is 0 Å². The Hall–Kier alpha value is -3.43. The van der Waals surface area contributed by atoms with Crippen LogP contribution >= 0.6 is 0 Å². The first-order valence-corrected chi connectivity index (χ1v) is 11.8. The fourth-order valence-electron chi connectivity index (χ4n) is 4.47. The Balaban J connectivity index is 1.55. The molecule has 1 aliphatic heterocycles. The molecule has 2 heterocycles. The van der Waals surface area contributed by atoms with Crippen molar-refractivity contribution in [2.75, 3.05) is 45.3 Å². The predicted octanol–water partition coefficient (Wildman–Crippen LogP) is 3.95. The van der Waals surface area contributed by atoms with Crippen molar-refractivity contribution in [2.45, 2.75) is 25.8 Å². The third-order valence-corrected chi connectivity index (χ3v) is 6.19. The number of urea groups is 1. The lowest BCUT2D eigenvalue weighted by Crippen LogP contribution is -2.42. The van der Waals surface area contributed by atoms with Crippen LogP contribution in [0.3, 0.4) is 0 Å². The number of carbonyl (C=O) groups is 1. The summed E-state index contributed by atoms with van der Waals surface area (Å²) in [5, 5.41) is 10.7. The topological polar surface area (TPSA) is 80.6 Å². The van der Waals surface area contributed by atoms with Crippen molar-refractivity contribution >= 4 is 11.8 Å². The van der Waals surface area contributed by atoms with Gasteiger partial charge in [0.25, 0.3) is 0 Å². The second kappa shape index (κ2) is 11.3. The van der Waals surface area contributed by atoms with Gasteiger partial charge in [-0.3, -0.25) is 10.2 Å². The number of nitrogens with one attached hydrogen (secondary N) is 2. The first kappa shape index (κ1) is 24.7. The minimum atomic E-state index is -0.353. The zero-order valence-electron chi connectivity index (χ0n) is 20.3. The van der Waals surface area contributed by atoms with E-state index in [1.54, 1.807) is 23.9 Å². The maximum absolute atomic E-state index is 14.0. The molecular formula is C26H32FN5O3. The minimum Gasteiger partial charge on any atom is -0.477 e. The second-order valence-electron chi connectivity index (χ2n) is 8.58. The first-order chi connectivity index (χ1) is 17.0. The Labute approximate surface area is 205 Å². The van der Waals surface area contributed by atoms with Crippen LogP contribution in [-0.4, -0.2) is 66.7 Å². The van der Waals surface area contributed by atoms with Crippen molar-refractivity contribution in [1.82, 2.24) is 20.0 Å². The number of para-hydroxylation sites is 1. The van der Waals surface area contributed by atoms with Gasteiger partial charge in [0.2, 0.25) is 5.88 Å². The third-order valence-electron chi connectivity index (χ3n) is 6.19. The summed E-state index contributed by atoms with van der Waals surface area (Å²) >= 11 is 0. The standard InChI is InChI=1S/C26H32FN5O3/c1-4-35-25-18(2)24(32(30-25)21-11-6-5-7-12-21)29-26(33)28-23-17-31(13-14-34-3)16-22(23)19-9-8-10-20(27)15-19/h5-12,15,22-23H,4,13-14,16-17H2,1-3H3,(H2,28,29,33)/t22-,23+/m0/s1. The molecule has 186 valence electrons. The number of hydrogen-bond donors (Lipinski definition) is 2. The van der Waals surface area contributed by atoms with Crippen LogP contribution in [0.5, 0.6) is 5.88 Å². The van der Waals surface area contributed by atoms with Gasteiger partial charge in [-0.15, -0.1) is 5.10 Å². The molecule has 0 saturated carbocycles. The van der Waals surface area contributed by atoms with Gasteiger partial charge in [-0.1, -0.05) is 30.3 Å². The van der Waals surface area contributed by atoms with Gasteiger partial charge in [0.1, 0.15) is 11.6 Å². The van der Waals surface area contributed by atoms with E-state index in [1.807, 2.05) is 50.2 Å². The molecule has 2 aromatic carbocycles. The van der Waals surface area contributed by atoms with Gasteiger partial charge < -0.3 is 14.8 Å². The van der Waals surface area contributed by atoms with E-state index in [0.29, 0.717) is 38.0 Å². The Morgan fingerprint density at radius 3 is 2.69 bits per heavy atom. The monoisotopic (exact) mass is 481 g/mol. The summed E-state index contributed by atoms with van der Waals surface area (Å²) in [5.74, 6) is 0.670. The maximum Gasteiger partial charge on any atom is 0.320 e. The van der Waals surface area contributed by atoms with Gasteiger partial charge in [0.05, 0.1) is 30.5 Å². The molecule has 9 heteroatoms. The Bertz CT molecular complexity index is 1140.